The maximum atomic E-state index is 10.2. The van der Waals surface area contributed by atoms with Crippen molar-refractivity contribution in [2.45, 2.75) is 124 Å². The van der Waals surface area contributed by atoms with Crippen LogP contribution < -0.4 is 0 Å². The van der Waals surface area contributed by atoms with Gasteiger partial charge in [0.25, 0.3) is 0 Å². The Morgan fingerprint density at radius 1 is 0.769 bits per heavy atom. The van der Waals surface area contributed by atoms with Gasteiger partial charge < -0.3 is 0 Å². The molecule has 5 atom stereocenters. The van der Waals surface area contributed by atoms with Crippen molar-refractivity contribution in [1.82, 2.24) is 0 Å². The van der Waals surface area contributed by atoms with Crippen LogP contribution in [-0.2, 0) is 0 Å². The van der Waals surface area contributed by atoms with Crippen LogP contribution in [0.3, 0.4) is 0 Å². The number of fused-ring (bicyclic) bond motifs is 1. The van der Waals surface area contributed by atoms with Gasteiger partial charge in [0.2, 0.25) is 0 Å². The minimum absolute atomic E-state index is 0.00708. The van der Waals surface area contributed by atoms with E-state index in [2.05, 4.69) is 26.8 Å². The lowest BCUT2D eigenvalue weighted by Gasteiger charge is -2.47. The van der Waals surface area contributed by atoms with Crippen LogP contribution in [-0.4, -0.2) is 0 Å². The Bertz CT molecular complexity index is 422. The molecule has 0 bridgehead atoms. The fraction of sp³-hybridized carbons (Fsp3) is 0.960. The van der Waals surface area contributed by atoms with E-state index in [1.807, 2.05) is 0 Å². The van der Waals surface area contributed by atoms with Crippen molar-refractivity contribution in [2.24, 2.45) is 29.1 Å². The number of hydrogen-bond donors (Lipinski definition) is 0. The van der Waals surface area contributed by atoms with Crippen LogP contribution in [0.2, 0.25) is 0 Å². The van der Waals surface area contributed by atoms with Crippen molar-refractivity contribution in [2.75, 3.05) is 0 Å². The van der Waals surface area contributed by atoms with Crippen molar-refractivity contribution < 1.29 is 0 Å². The van der Waals surface area contributed by atoms with E-state index in [0.717, 1.165) is 30.6 Å². The highest BCUT2D eigenvalue weighted by molar-refractivity contribution is 5.05. The zero-order valence-corrected chi connectivity index (χ0v) is 18.1. The van der Waals surface area contributed by atoms with Crippen LogP contribution in [0.15, 0.2) is 0 Å². The Morgan fingerprint density at radius 3 is 2.15 bits per heavy atom. The molecule has 1 unspecified atom stereocenters. The van der Waals surface area contributed by atoms with E-state index in [0.29, 0.717) is 5.92 Å². The topological polar surface area (TPSA) is 23.8 Å². The molecule has 0 saturated heterocycles. The Kier molecular flexibility index (Phi) is 9.52. The minimum Gasteiger partial charge on any atom is -0.198 e. The van der Waals surface area contributed by atoms with E-state index in [9.17, 15) is 5.26 Å². The van der Waals surface area contributed by atoms with Gasteiger partial charge in [-0.25, -0.2) is 0 Å². The second-order valence-electron chi connectivity index (χ2n) is 9.68. The average molecular weight is 360 g/mol. The van der Waals surface area contributed by atoms with Gasteiger partial charge in [0.1, 0.15) is 0 Å². The normalized spacial score (nSPS) is 31.0. The van der Waals surface area contributed by atoms with Crippen LogP contribution in [0.1, 0.15) is 124 Å². The van der Waals surface area contributed by atoms with Crippen LogP contribution in [0.25, 0.3) is 0 Å². The molecule has 0 amide bonds. The molecule has 0 heterocycles. The van der Waals surface area contributed by atoms with Crippen molar-refractivity contribution in [3.63, 3.8) is 0 Å². The lowest BCUT2D eigenvalue weighted by molar-refractivity contribution is 0.0437. The Balaban J connectivity index is 1.92. The first-order valence-electron chi connectivity index (χ1n) is 12.1. The maximum Gasteiger partial charge on any atom is 0.0692 e. The largest absolute Gasteiger partial charge is 0.198 e. The SMILES string of the molecule is CCCCC[C@H]1CC[C@H]2C[C@H](C(C#N)(CCC)CCCCC)CC[C@H]2C1. The van der Waals surface area contributed by atoms with E-state index >= 15 is 0 Å². The molecule has 1 nitrogen and oxygen atoms in total. The molecule has 2 aliphatic rings. The molecule has 1 heteroatoms. The quantitative estimate of drug-likeness (QED) is 0.340. The summed E-state index contributed by atoms with van der Waals surface area (Å²) in [6.07, 6.45) is 21.6. The fourth-order valence-corrected chi connectivity index (χ4v) is 6.31. The van der Waals surface area contributed by atoms with Crippen LogP contribution in [0.4, 0.5) is 0 Å². The van der Waals surface area contributed by atoms with E-state index in [1.165, 1.54) is 89.9 Å². The predicted octanol–water partition coefficient (Wildman–Crippen LogP) is 8.29. The van der Waals surface area contributed by atoms with Crippen LogP contribution in [0.5, 0.6) is 0 Å². The third-order valence-electron chi connectivity index (χ3n) is 7.86. The lowest BCUT2D eigenvalue weighted by Crippen LogP contribution is -2.38. The first-order valence-corrected chi connectivity index (χ1v) is 12.1. The molecule has 0 aliphatic heterocycles. The van der Waals surface area contributed by atoms with Gasteiger partial charge in [0.05, 0.1) is 11.5 Å². The highest BCUT2D eigenvalue weighted by Gasteiger charge is 2.44. The molecule has 0 radical (unpaired) electrons. The molecule has 26 heavy (non-hydrogen) atoms. The van der Waals surface area contributed by atoms with Crippen LogP contribution in [0, 0.1) is 40.4 Å². The van der Waals surface area contributed by atoms with Gasteiger partial charge >= 0.3 is 0 Å². The first-order chi connectivity index (χ1) is 12.7. The number of rotatable bonds is 11. The number of unbranched alkanes of at least 4 members (excludes halogenated alkanes) is 4. The van der Waals surface area contributed by atoms with Gasteiger partial charge in [-0.2, -0.15) is 5.26 Å². The molecule has 0 aromatic heterocycles. The smallest absolute Gasteiger partial charge is 0.0692 e. The summed E-state index contributed by atoms with van der Waals surface area (Å²) in [4.78, 5) is 0. The van der Waals surface area contributed by atoms with Crippen molar-refractivity contribution in [3.8, 4) is 6.07 Å². The number of hydrogen-bond acceptors (Lipinski definition) is 1. The van der Waals surface area contributed by atoms with Crippen molar-refractivity contribution >= 4 is 0 Å². The van der Waals surface area contributed by atoms with Gasteiger partial charge in [-0.3, -0.25) is 0 Å². The predicted molar refractivity (Wildman–Crippen MR) is 113 cm³/mol. The van der Waals surface area contributed by atoms with E-state index in [4.69, 9.17) is 0 Å². The highest BCUT2D eigenvalue weighted by atomic mass is 14.5. The zero-order valence-electron chi connectivity index (χ0n) is 18.1. The van der Waals surface area contributed by atoms with Crippen LogP contribution >= 0.6 is 0 Å². The van der Waals surface area contributed by atoms with E-state index in [-0.39, 0.29) is 5.41 Å². The summed E-state index contributed by atoms with van der Waals surface area (Å²) < 4.78 is 0. The lowest BCUT2D eigenvalue weighted by atomic mass is 9.57. The molecule has 2 aliphatic carbocycles. The minimum atomic E-state index is -0.00708. The molecule has 0 N–H and O–H groups in total. The molecule has 2 rings (SSSR count). The van der Waals surface area contributed by atoms with E-state index in [1.54, 1.807) is 0 Å². The summed E-state index contributed by atoms with van der Waals surface area (Å²) in [6, 6.07) is 2.88. The Labute approximate surface area is 164 Å². The standard InChI is InChI=1S/C25H45N/c1-4-7-9-11-21-12-13-23-19-24(15-14-22(23)18-21)25(20-26,16-6-3)17-10-8-5-2/h21-24H,4-19H2,1-3H3/t21-,22-,23-,24+,25?/m0/s1. The summed E-state index contributed by atoms with van der Waals surface area (Å²) in [6.45, 7) is 6.87. The fourth-order valence-electron chi connectivity index (χ4n) is 6.31. The molecule has 2 fully saturated rings. The zero-order chi connectivity index (χ0) is 18.8. The summed E-state index contributed by atoms with van der Waals surface area (Å²) in [5, 5.41) is 10.2. The van der Waals surface area contributed by atoms with Gasteiger partial charge in [0, 0.05) is 0 Å². The molecule has 0 aromatic rings. The van der Waals surface area contributed by atoms with Gasteiger partial charge in [-0.1, -0.05) is 78.6 Å². The molecule has 0 spiro atoms. The summed E-state index contributed by atoms with van der Waals surface area (Å²) in [5.74, 6) is 3.62. The third kappa shape index (κ3) is 5.74. The molecule has 2 saturated carbocycles. The molecule has 150 valence electrons. The summed E-state index contributed by atoms with van der Waals surface area (Å²) >= 11 is 0. The van der Waals surface area contributed by atoms with Gasteiger partial charge in [-0.05, 0) is 68.6 Å². The van der Waals surface area contributed by atoms with Crippen molar-refractivity contribution in [3.05, 3.63) is 0 Å². The van der Waals surface area contributed by atoms with Crippen molar-refractivity contribution in [1.29, 1.82) is 5.26 Å². The maximum absolute atomic E-state index is 10.2. The Morgan fingerprint density at radius 2 is 1.46 bits per heavy atom. The number of nitrogens with zero attached hydrogens (tertiary/aromatic N) is 1. The second kappa shape index (κ2) is 11.4. The second-order valence-corrected chi connectivity index (χ2v) is 9.68. The summed E-state index contributed by atoms with van der Waals surface area (Å²) in [7, 11) is 0. The summed E-state index contributed by atoms with van der Waals surface area (Å²) in [5.41, 5.74) is -0.00708. The Hall–Kier alpha value is -0.510. The number of nitriles is 1. The molecular weight excluding hydrogens is 314 g/mol. The van der Waals surface area contributed by atoms with Gasteiger partial charge in [-0.15, -0.1) is 0 Å². The first kappa shape index (κ1) is 21.8. The molecular formula is C25H45N. The van der Waals surface area contributed by atoms with Gasteiger partial charge in [0.15, 0.2) is 0 Å². The molecule has 0 aromatic carbocycles. The monoisotopic (exact) mass is 359 g/mol. The third-order valence-corrected chi connectivity index (χ3v) is 7.86. The average Bonchev–Trinajstić information content (AvgIpc) is 2.67. The van der Waals surface area contributed by atoms with E-state index < -0.39 is 0 Å². The highest BCUT2D eigenvalue weighted by Crippen LogP contribution is 2.52.